The number of fused-ring (bicyclic) bond motifs is 3. The van der Waals surface area contributed by atoms with E-state index in [0.717, 1.165) is 61.8 Å². The van der Waals surface area contributed by atoms with Gasteiger partial charge >= 0.3 is 0 Å². The molecular formula is C27H34N2O2. The zero-order valence-corrected chi connectivity index (χ0v) is 18.4. The quantitative estimate of drug-likeness (QED) is 0.755. The van der Waals surface area contributed by atoms with Crippen molar-refractivity contribution in [3.05, 3.63) is 64.7 Å². The van der Waals surface area contributed by atoms with E-state index in [1.165, 1.54) is 49.8 Å². The molecule has 2 saturated carbocycles. The van der Waals surface area contributed by atoms with Crippen LogP contribution in [0.1, 0.15) is 78.4 Å². The molecule has 1 heterocycles. The summed E-state index contributed by atoms with van der Waals surface area (Å²) in [5.41, 5.74) is 4.52. The Kier molecular flexibility index (Phi) is 6.26. The van der Waals surface area contributed by atoms with Crippen LogP contribution < -0.4 is 10.1 Å². The fraction of sp³-hybridized carbons (Fsp3) is 0.519. The number of carbonyl (C=O) groups is 1. The molecule has 2 aromatic rings. The predicted molar refractivity (Wildman–Crippen MR) is 124 cm³/mol. The van der Waals surface area contributed by atoms with Gasteiger partial charge in [0, 0.05) is 30.6 Å². The molecular weight excluding hydrogens is 384 g/mol. The van der Waals surface area contributed by atoms with Gasteiger partial charge in [-0.05, 0) is 86.4 Å². The average Bonchev–Trinajstić information content (AvgIpc) is 3.53. The van der Waals surface area contributed by atoms with Crippen molar-refractivity contribution in [2.75, 3.05) is 13.2 Å². The third-order valence-electron chi connectivity index (χ3n) is 6.95. The zero-order chi connectivity index (χ0) is 21.0. The molecule has 0 radical (unpaired) electrons. The van der Waals surface area contributed by atoms with E-state index in [4.69, 9.17) is 4.74 Å². The van der Waals surface area contributed by atoms with Gasteiger partial charge in [0.2, 0.25) is 0 Å². The Morgan fingerprint density at radius 3 is 2.61 bits per heavy atom. The molecule has 2 aliphatic carbocycles. The summed E-state index contributed by atoms with van der Waals surface area (Å²) in [6.45, 7) is 2.97. The van der Waals surface area contributed by atoms with Gasteiger partial charge in [0.15, 0.2) is 0 Å². The van der Waals surface area contributed by atoms with Crippen LogP contribution in [-0.4, -0.2) is 36.0 Å². The third-order valence-corrected chi connectivity index (χ3v) is 6.95. The van der Waals surface area contributed by atoms with Crippen molar-refractivity contribution in [3.63, 3.8) is 0 Å². The number of benzene rings is 2. The van der Waals surface area contributed by atoms with E-state index in [1.54, 1.807) is 0 Å². The second-order valence-electron chi connectivity index (χ2n) is 9.53. The van der Waals surface area contributed by atoms with E-state index in [0.29, 0.717) is 6.04 Å². The number of amides is 1. The van der Waals surface area contributed by atoms with Crippen LogP contribution in [0.2, 0.25) is 0 Å². The second-order valence-corrected chi connectivity index (χ2v) is 9.53. The first-order valence-corrected chi connectivity index (χ1v) is 12.1. The maximum Gasteiger partial charge on any atom is 0.251 e. The third kappa shape index (κ3) is 5.30. The minimum atomic E-state index is 0.0367. The predicted octanol–water partition coefficient (Wildman–Crippen LogP) is 5.09. The molecule has 4 nitrogen and oxygen atoms in total. The molecule has 2 fully saturated rings. The van der Waals surface area contributed by atoms with E-state index in [1.807, 2.05) is 18.2 Å². The van der Waals surface area contributed by atoms with Gasteiger partial charge in [-0.1, -0.05) is 30.7 Å². The summed E-state index contributed by atoms with van der Waals surface area (Å²) in [5.74, 6) is 0.955. The fourth-order valence-corrected chi connectivity index (χ4v) is 4.71. The highest BCUT2D eigenvalue weighted by atomic mass is 16.5. The van der Waals surface area contributed by atoms with Crippen molar-refractivity contribution >= 4 is 5.91 Å². The summed E-state index contributed by atoms with van der Waals surface area (Å²) >= 11 is 0. The van der Waals surface area contributed by atoms with E-state index in [-0.39, 0.29) is 5.91 Å². The van der Waals surface area contributed by atoms with Crippen LogP contribution >= 0.6 is 0 Å². The normalized spacial score (nSPS) is 20.6. The molecule has 164 valence electrons. The Morgan fingerprint density at radius 1 is 0.935 bits per heavy atom. The number of ether oxygens (including phenoxy) is 1. The van der Waals surface area contributed by atoms with Gasteiger partial charge in [0.05, 0.1) is 6.61 Å². The number of nitrogens with one attached hydrogen (secondary N) is 1. The smallest absolute Gasteiger partial charge is 0.251 e. The highest BCUT2D eigenvalue weighted by molar-refractivity contribution is 5.95. The van der Waals surface area contributed by atoms with E-state index in [9.17, 15) is 4.79 Å². The summed E-state index contributed by atoms with van der Waals surface area (Å²) in [6, 6.07) is 16.1. The molecule has 0 aromatic heterocycles. The monoisotopic (exact) mass is 418 g/mol. The first-order chi connectivity index (χ1) is 15.2. The number of hydrogen-bond donors (Lipinski definition) is 1. The van der Waals surface area contributed by atoms with Gasteiger partial charge in [-0.25, -0.2) is 0 Å². The molecule has 1 aliphatic heterocycles. The molecule has 1 amide bonds. The van der Waals surface area contributed by atoms with Crippen molar-refractivity contribution in [2.45, 2.75) is 76.4 Å². The highest BCUT2D eigenvalue weighted by Crippen LogP contribution is 2.29. The van der Waals surface area contributed by atoms with E-state index < -0.39 is 0 Å². The van der Waals surface area contributed by atoms with Crippen molar-refractivity contribution in [1.82, 2.24) is 10.2 Å². The lowest BCUT2D eigenvalue weighted by Gasteiger charge is -2.38. The number of rotatable bonds is 3. The van der Waals surface area contributed by atoms with E-state index in [2.05, 4.69) is 34.5 Å². The number of carbonyl (C=O) groups excluding carboxylic acids is 1. The SMILES string of the molecule is O=C(NC1CC1)c1ccc2c(c1)Cc1cccc(c1)CN(C1CCC1)CCCCCO2. The number of nitrogens with zero attached hydrogens (tertiary/aromatic N) is 1. The number of hydrogen-bond acceptors (Lipinski definition) is 3. The minimum Gasteiger partial charge on any atom is -0.493 e. The zero-order valence-electron chi connectivity index (χ0n) is 18.4. The maximum absolute atomic E-state index is 12.6. The summed E-state index contributed by atoms with van der Waals surface area (Å²) < 4.78 is 6.19. The second kappa shape index (κ2) is 9.44. The molecule has 4 heteroatoms. The van der Waals surface area contributed by atoms with Gasteiger partial charge in [-0.2, -0.15) is 0 Å². The van der Waals surface area contributed by atoms with Gasteiger partial charge < -0.3 is 10.1 Å². The molecule has 2 bridgehead atoms. The van der Waals surface area contributed by atoms with Crippen LogP contribution in [0.25, 0.3) is 0 Å². The van der Waals surface area contributed by atoms with Crippen LogP contribution in [0.15, 0.2) is 42.5 Å². The molecule has 2 aromatic carbocycles. The van der Waals surface area contributed by atoms with Crippen molar-refractivity contribution in [1.29, 1.82) is 0 Å². The maximum atomic E-state index is 12.6. The largest absolute Gasteiger partial charge is 0.493 e. The molecule has 5 rings (SSSR count). The Labute approximate surface area is 186 Å². The Morgan fingerprint density at radius 2 is 1.81 bits per heavy atom. The first-order valence-electron chi connectivity index (χ1n) is 12.1. The molecule has 3 aliphatic rings. The Bertz CT molecular complexity index is 917. The standard InChI is InChI=1S/C27H34N2O2/c30-27(28-24-11-12-24)22-10-13-26-23(18-22)17-20-6-4-7-21(16-20)19-29(25-8-5-9-25)14-2-1-3-15-31-26/h4,6-7,10,13,16,18,24-25H,1-3,5,8-9,11-12,14-15,17,19H2,(H,28,30). The molecule has 0 atom stereocenters. The minimum absolute atomic E-state index is 0.0367. The lowest BCUT2D eigenvalue weighted by molar-refractivity contribution is 0.0951. The van der Waals surface area contributed by atoms with Gasteiger partial charge in [-0.15, -0.1) is 0 Å². The highest BCUT2D eigenvalue weighted by Gasteiger charge is 2.25. The molecule has 0 spiro atoms. The topological polar surface area (TPSA) is 41.6 Å². The van der Waals surface area contributed by atoms with Gasteiger partial charge in [-0.3, -0.25) is 9.69 Å². The van der Waals surface area contributed by atoms with Crippen LogP contribution in [-0.2, 0) is 13.0 Å². The summed E-state index contributed by atoms with van der Waals surface area (Å²) in [6.07, 6.45) is 10.6. The summed E-state index contributed by atoms with van der Waals surface area (Å²) in [5, 5.41) is 3.11. The van der Waals surface area contributed by atoms with Gasteiger partial charge in [0.25, 0.3) is 5.91 Å². The fourth-order valence-electron chi connectivity index (χ4n) is 4.71. The van der Waals surface area contributed by atoms with Crippen LogP contribution in [0.3, 0.4) is 0 Å². The molecule has 31 heavy (non-hydrogen) atoms. The lowest BCUT2D eigenvalue weighted by Crippen LogP contribution is -2.40. The lowest BCUT2D eigenvalue weighted by atomic mass is 9.90. The molecule has 0 unspecified atom stereocenters. The van der Waals surface area contributed by atoms with Crippen molar-refractivity contribution in [2.24, 2.45) is 0 Å². The Hall–Kier alpha value is -2.33. The molecule has 0 saturated heterocycles. The Balaban J connectivity index is 1.40. The van der Waals surface area contributed by atoms with Gasteiger partial charge in [0.1, 0.15) is 5.75 Å². The first kappa shape index (κ1) is 20.6. The van der Waals surface area contributed by atoms with Crippen LogP contribution in [0.5, 0.6) is 5.75 Å². The summed E-state index contributed by atoms with van der Waals surface area (Å²) in [7, 11) is 0. The summed E-state index contributed by atoms with van der Waals surface area (Å²) in [4.78, 5) is 15.3. The van der Waals surface area contributed by atoms with E-state index >= 15 is 0 Å². The van der Waals surface area contributed by atoms with Crippen LogP contribution in [0.4, 0.5) is 0 Å². The van der Waals surface area contributed by atoms with Crippen molar-refractivity contribution in [3.8, 4) is 5.75 Å². The average molecular weight is 419 g/mol. The van der Waals surface area contributed by atoms with Crippen molar-refractivity contribution < 1.29 is 9.53 Å². The molecule has 1 N–H and O–H groups in total. The van der Waals surface area contributed by atoms with Crippen LogP contribution in [0, 0.1) is 0 Å².